The molecule has 0 saturated carbocycles. The van der Waals surface area contributed by atoms with Gasteiger partial charge in [-0.3, -0.25) is 19.5 Å². The number of piperazine rings is 1. The Labute approximate surface area is 165 Å². The molecule has 1 aliphatic heterocycles. The van der Waals surface area contributed by atoms with Gasteiger partial charge in [0.25, 0.3) is 5.91 Å². The number of carbonyl (C=O) groups excluding carboxylic acids is 2. The number of carbonyl (C=O) groups is 2. The van der Waals surface area contributed by atoms with Crippen LogP contribution in [-0.4, -0.2) is 67.0 Å². The van der Waals surface area contributed by atoms with E-state index in [1.54, 1.807) is 18.3 Å². The summed E-state index contributed by atoms with van der Waals surface area (Å²) in [5, 5.41) is 9.15. The van der Waals surface area contributed by atoms with Crippen LogP contribution >= 0.6 is 0 Å². The molecule has 2 heterocycles. The molecule has 1 aliphatic rings. The van der Waals surface area contributed by atoms with E-state index in [1.165, 1.54) is 6.20 Å². The Morgan fingerprint density at radius 1 is 1.11 bits per heavy atom. The Kier molecular flexibility index (Phi) is 7.52. The lowest BCUT2D eigenvalue weighted by Gasteiger charge is -2.27. The number of pyridine rings is 1. The second-order valence-electron chi connectivity index (χ2n) is 6.84. The number of amides is 2. The fraction of sp³-hybridized carbons (Fsp3) is 0.381. The molecule has 3 N–H and O–H groups in total. The molecule has 0 radical (unpaired) electrons. The van der Waals surface area contributed by atoms with Crippen LogP contribution in [0.4, 0.5) is 0 Å². The molecule has 1 saturated heterocycles. The topological polar surface area (TPSA) is 86.4 Å². The summed E-state index contributed by atoms with van der Waals surface area (Å²) >= 11 is 0. The average Bonchev–Trinajstić information content (AvgIpc) is 2.75. The molecule has 148 valence electrons. The highest BCUT2D eigenvalue weighted by molar-refractivity contribution is 5.97. The lowest BCUT2D eigenvalue weighted by molar-refractivity contribution is -0.123. The van der Waals surface area contributed by atoms with Gasteiger partial charge in [0.1, 0.15) is 6.04 Å². The summed E-state index contributed by atoms with van der Waals surface area (Å²) in [6, 6.07) is 12.4. The first-order valence-electron chi connectivity index (χ1n) is 9.68. The van der Waals surface area contributed by atoms with Crippen LogP contribution < -0.4 is 16.0 Å². The smallest absolute Gasteiger partial charge is 0.253 e. The summed E-state index contributed by atoms with van der Waals surface area (Å²) in [5.74, 6) is -0.470. The van der Waals surface area contributed by atoms with Gasteiger partial charge in [-0.15, -0.1) is 0 Å². The molecule has 7 nitrogen and oxygen atoms in total. The van der Waals surface area contributed by atoms with Crippen LogP contribution in [0.15, 0.2) is 54.9 Å². The standard InChI is InChI=1S/C21H27N5O2/c27-20(18-7-4-8-23-16-18)25-19(15-17-5-2-1-3-6-17)21(28)24-11-14-26-12-9-22-10-13-26/h1-8,16,19,22H,9-15H2,(H,24,28)(H,25,27). The van der Waals surface area contributed by atoms with E-state index in [0.29, 0.717) is 18.5 Å². The number of benzene rings is 1. The van der Waals surface area contributed by atoms with Crippen LogP contribution in [0.3, 0.4) is 0 Å². The highest BCUT2D eigenvalue weighted by atomic mass is 16.2. The van der Waals surface area contributed by atoms with Crippen molar-refractivity contribution in [2.75, 3.05) is 39.3 Å². The van der Waals surface area contributed by atoms with Crippen molar-refractivity contribution in [2.45, 2.75) is 12.5 Å². The van der Waals surface area contributed by atoms with E-state index in [0.717, 1.165) is 38.3 Å². The lowest BCUT2D eigenvalue weighted by atomic mass is 10.0. The van der Waals surface area contributed by atoms with Crippen LogP contribution in [0.5, 0.6) is 0 Å². The van der Waals surface area contributed by atoms with E-state index in [-0.39, 0.29) is 11.8 Å². The molecule has 1 unspecified atom stereocenters. The predicted octanol–water partition coefficient (Wildman–Crippen LogP) is 0.444. The third kappa shape index (κ3) is 6.14. The van der Waals surface area contributed by atoms with Gasteiger partial charge >= 0.3 is 0 Å². The zero-order valence-electron chi connectivity index (χ0n) is 15.9. The summed E-state index contributed by atoms with van der Waals surface area (Å²) in [6.07, 6.45) is 3.55. The van der Waals surface area contributed by atoms with Crippen LogP contribution in [0.2, 0.25) is 0 Å². The first-order valence-corrected chi connectivity index (χ1v) is 9.68. The van der Waals surface area contributed by atoms with Crippen molar-refractivity contribution in [3.63, 3.8) is 0 Å². The molecule has 7 heteroatoms. The maximum absolute atomic E-state index is 12.8. The molecule has 0 aliphatic carbocycles. The molecule has 1 atom stereocenters. The van der Waals surface area contributed by atoms with Crippen molar-refractivity contribution >= 4 is 11.8 Å². The molecule has 0 spiro atoms. The molecule has 2 amide bonds. The Balaban J connectivity index is 1.59. The number of hydrogen-bond donors (Lipinski definition) is 3. The summed E-state index contributed by atoms with van der Waals surface area (Å²) in [6.45, 7) is 5.30. The summed E-state index contributed by atoms with van der Waals surface area (Å²) < 4.78 is 0. The van der Waals surface area contributed by atoms with Gasteiger partial charge in [-0.1, -0.05) is 30.3 Å². The van der Waals surface area contributed by atoms with E-state index in [2.05, 4.69) is 25.8 Å². The van der Waals surface area contributed by atoms with Gasteiger partial charge in [-0.05, 0) is 17.7 Å². The number of aromatic nitrogens is 1. The molecule has 1 aromatic heterocycles. The highest BCUT2D eigenvalue weighted by Gasteiger charge is 2.22. The number of rotatable bonds is 8. The summed E-state index contributed by atoms with van der Waals surface area (Å²) in [7, 11) is 0. The summed E-state index contributed by atoms with van der Waals surface area (Å²) in [4.78, 5) is 31.6. The van der Waals surface area contributed by atoms with Gasteiger partial charge in [0.05, 0.1) is 5.56 Å². The number of hydrogen-bond acceptors (Lipinski definition) is 5. The van der Waals surface area contributed by atoms with Crippen molar-refractivity contribution < 1.29 is 9.59 Å². The zero-order chi connectivity index (χ0) is 19.6. The minimum Gasteiger partial charge on any atom is -0.353 e. The zero-order valence-corrected chi connectivity index (χ0v) is 15.9. The fourth-order valence-electron chi connectivity index (χ4n) is 3.19. The lowest BCUT2D eigenvalue weighted by Crippen LogP contribution is -2.50. The largest absolute Gasteiger partial charge is 0.353 e. The van der Waals surface area contributed by atoms with Crippen LogP contribution in [0.25, 0.3) is 0 Å². The van der Waals surface area contributed by atoms with E-state index >= 15 is 0 Å². The van der Waals surface area contributed by atoms with Crippen LogP contribution in [0, 0.1) is 0 Å². The first kappa shape index (κ1) is 20.0. The first-order chi connectivity index (χ1) is 13.7. The minimum atomic E-state index is -0.641. The van der Waals surface area contributed by atoms with E-state index in [9.17, 15) is 9.59 Å². The van der Waals surface area contributed by atoms with Crippen molar-refractivity contribution in [3.05, 3.63) is 66.0 Å². The quantitative estimate of drug-likeness (QED) is 0.618. The second-order valence-corrected chi connectivity index (χ2v) is 6.84. The molecule has 3 rings (SSSR count). The highest BCUT2D eigenvalue weighted by Crippen LogP contribution is 2.05. The Morgan fingerprint density at radius 3 is 2.61 bits per heavy atom. The molecule has 28 heavy (non-hydrogen) atoms. The van der Waals surface area contributed by atoms with Gasteiger partial charge in [0.15, 0.2) is 0 Å². The predicted molar refractivity (Wildman–Crippen MR) is 108 cm³/mol. The Hall–Kier alpha value is -2.77. The second kappa shape index (κ2) is 10.5. The molecule has 1 aromatic carbocycles. The average molecular weight is 381 g/mol. The van der Waals surface area contributed by atoms with Crippen molar-refractivity contribution in [1.82, 2.24) is 25.8 Å². The van der Waals surface area contributed by atoms with Crippen LogP contribution in [-0.2, 0) is 11.2 Å². The van der Waals surface area contributed by atoms with E-state index in [1.807, 2.05) is 30.3 Å². The molecule has 2 aromatic rings. The van der Waals surface area contributed by atoms with E-state index in [4.69, 9.17) is 0 Å². The molecular weight excluding hydrogens is 354 g/mol. The fourth-order valence-corrected chi connectivity index (χ4v) is 3.19. The van der Waals surface area contributed by atoms with Crippen molar-refractivity contribution in [1.29, 1.82) is 0 Å². The SMILES string of the molecule is O=C(NC(Cc1ccccc1)C(=O)NCCN1CCNCC1)c1cccnc1. The van der Waals surface area contributed by atoms with Crippen molar-refractivity contribution in [2.24, 2.45) is 0 Å². The summed E-state index contributed by atoms with van der Waals surface area (Å²) in [5.41, 5.74) is 1.44. The molecule has 1 fully saturated rings. The normalized spacial score (nSPS) is 15.6. The maximum atomic E-state index is 12.8. The monoisotopic (exact) mass is 381 g/mol. The van der Waals surface area contributed by atoms with Gasteiger partial charge in [-0.25, -0.2) is 0 Å². The minimum absolute atomic E-state index is 0.170. The Bertz CT molecular complexity index is 748. The van der Waals surface area contributed by atoms with Gasteiger partial charge in [-0.2, -0.15) is 0 Å². The van der Waals surface area contributed by atoms with Gasteiger partial charge < -0.3 is 16.0 Å². The van der Waals surface area contributed by atoms with Gasteiger partial charge in [0.2, 0.25) is 5.91 Å². The van der Waals surface area contributed by atoms with Crippen LogP contribution in [0.1, 0.15) is 15.9 Å². The third-order valence-electron chi connectivity index (χ3n) is 4.77. The third-order valence-corrected chi connectivity index (χ3v) is 4.77. The number of nitrogens with one attached hydrogen (secondary N) is 3. The van der Waals surface area contributed by atoms with E-state index < -0.39 is 6.04 Å². The Morgan fingerprint density at radius 2 is 1.89 bits per heavy atom. The van der Waals surface area contributed by atoms with Crippen molar-refractivity contribution in [3.8, 4) is 0 Å². The van der Waals surface area contributed by atoms with Gasteiger partial charge in [0, 0.05) is 58.1 Å². The molecular formula is C21H27N5O2. The number of nitrogens with zero attached hydrogens (tertiary/aromatic N) is 2. The molecule has 0 bridgehead atoms. The maximum Gasteiger partial charge on any atom is 0.253 e.